The lowest BCUT2D eigenvalue weighted by Gasteiger charge is -2.33. The topological polar surface area (TPSA) is 36.5 Å². The van der Waals surface area contributed by atoms with Gasteiger partial charge in [-0.25, -0.2) is 10.4 Å². The fraction of sp³-hybridized carbons (Fsp3) is 0.846. The highest BCUT2D eigenvalue weighted by Gasteiger charge is 2.29. The van der Waals surface area contributed by atoms with Crippen molar-refractivity contribution in [1.29, 1.82) is 0 Å². The second-order valence-corrected chi connectivity index (χ2v) is 6.33. The Hall–Kier alpha value is -0.120. The van der Waals surface area contributed by atoms with Crippen molar-refractivity contribution in [1.82, 2.24) is 15.8 Å². The van der Waals surface area contributed by atoms with Crippen LogP contribution < -0.4 is 10.7 Å². The van der Waals surface area contributed by atoms with Crippen LogP contribution in [0.5, 0.6) is 0 Å². The Balaban J connectivity index is 1.85. The standard InChI is InChI=1S/C13H22BrN3O/c1-2-7-18-13(8-17-10-15-9-16-17)11-3-5-12(14)6-4-11/h1,11-13,15-16H,3-10H2. The van der Waals surface area contributed by atoms with E-state index in [0.717, 1.165) is 19.9 Å². The maximum atomic E-state index is 5.87. The van der Waals surface area contributed by atoms with Crippen LogP contribution in [0.2, 0.25) is 0 Å². The first-order chi connectivity index (χ1) is 8.79. The SMILES string of the molecule is C#CCOC(CN1CNCN1)C1CCC(Br)CC1. The zero-order valence-corrected chi connectivity index (χ0v) is 12.3. The van der Waals surface area contributed by atoms with Crippen LogP contribution in [0, 0.1) is 18.3 Å². The fourth-order valence-electron chi connectivity index (χ4n) is 2.70. The second-order valence-electron chi connectivity index (χ2n) is 5.03. The van der Waals surface area contributed by atoms with Gasteiger partial charge in [0.2, 0.25) is 0 Å². The van der Waals surface area contributed by atoms with Gasteiger partial charge in [0.15, 0.2) is 0 Å². The van der Waals surface area contributed by atoms with Crippen molar-refractivity contribution in [3.05, 3.63) is 0 Å². The third-order valence-corrected chi connectivity index (χ3v) is 4.65. The van der Waals surface area contributed by atoms with Gasteiger partial charge in [0.1, 0.15) is 6.61 Å². The van der Waals surface area contributed by atoms with Gasteiger partial charge in [0.05, 0.1) is 19.4 Å². The van der Waals surface area contributed by atoms with Gasteiger partial charge in [0, 0.05) is 11.4 Å². The molecule has 2 N–H and O–H groups in total. The number of terminal acetylenes is 1. The van der Waals surface area contributed by atoms with E-state index in [1.807, 2.05) is 0 Å². The molecule has 5 heteroatoms. The van der Waals surface area contributed by atoms with Gasteiger partial charge in [-0.1, -0.05) is 21.9 Å². The smallest absolute Gasteiger partial charge is 0.107 e. The molecule has 0 aromatic rings. The van der Waals surface area contributed by atoms with Crippen molar-refractivity contribution in [2.45, 2.75) is 36.6 Å². The van der Waals surface area contributed by atoms with E-state index < -0.39 is 0 Å². The molecule has 1 heterocycles. The van der Waals surface area contributed by atoms with Crippen LogP contribution >= 0.6 is 15.9 Å². The van der Waals surface area contributed by atoms with Crippen LogP contribution in [-0.2, 0) is 4.74 Å². The van der Waals surface area contributed by atoms with Gasteiger partial charge in [0.25, 0.3) is 0 Å². The molecule has 2 aliphatic rings. The summed E-state index contributed by atoms with van der Waals surface area (Å²) in [4.78, 5) is 0.689. The number of ether oxygens (including phenoxy) is 1. The Morgan fingerprint density at radius 2 is 2.17 bits per heavy atom. The van der Waals surface area contributed by atoms with Crippen molar-refractivity contribution in [2.75, 3.05) is 26.5 Å². The minimum Gasteiger partial charge on any atom is -0.364 e. The fourth-order valence-corrected chi connectivity index (χ4v) is 3.23. The highest BCUT2D eigenvalue weighted by atomic mass is 79.9. The molecule has 2 fully saturated rings. The minimum absolute atomic E-state index is 0.244. The predicted octanol–water partition coefficient (Wildman–Crippen LogP) is 1.28. The first-order valence-electron chi connectivity index (χ1n) is 6.68. The molecule has 0 spiro atoms. The van der Waals surface area contributed by atoms with E-state index >= 15 is 0 Å². The molecular weight excluding hydrogens is 294 g/mol. The molecule has 1 aliphatic carbocycles. The average molecular weight is 316 g/mol. The normalized spacial score (nSPS) is 31.1. The Kier molecular flexibility index (Phi) is 5.93. The molecule has 2 rings (SSSR count). The molecule has 0 aromatic carbocycles. The third kappa shape index (κ3) is 4.22. The monoisotopic (exact) mass is 315 g/mol. The van der Waals surface area contributed by atoms with E-state index in [4.69, 9.17) is 11.2 Å². The number of hydrogen-bond donors (Lipinski definition) is 2. The molecule has 0 bridgehead atoms. The van der Waals surface area contributed by atoms with E-state index in [1.54, 1.807) is 0 Å². The highest BCUT2D eigenvalue weighted by Crippen LogP contribution is 2.32. The molecule has 1 saturated heterocycles. The molecular formula is C13H22BrN3O. The van der Waals surface area contributed by atoms with E-state index in [9.17, 15) is 0 Å². The summed E-state index contributed by atoms with van der Waals surface area (Å²) in [5.41, 5.74) is 3.29. The summed E-state index contributed by atoms with van der Waals surface area (Å²) < 4.78 is 5.87. The molecule has 1 saturated carbocycles. The van der Waals surface area contributed by atoms with Gasteiger partial charge < -0.3 is 4.74 Å². The molecule has 102 valence electrons. The van der Waals surface area contributed by atoms with Gasteiger partial charge in [-0.15, -0.1) is 6.42 Å². The second kappa shape index (κ2) is 7.46. The third-order valence-electron chi connectivity index (χ3n) is 3.74. The molecule has 0 amide bonds. The molecule has 18 heavy (non-hydrogen) atoms. The zero-order chi connectivity index (χ0) is 12.8. The van der Waals surface area contributed by atoms with Crippen LogP contribution in [0.15, 0.2) is 0 Å². The Morgan fingerprint density at radius 3 is 2.78 bits per heavy atom. The minimum atomic E-state index is 0.244. The Bertz CT molecular complexity index is 280. The van der Waals surface area contributed by atoms with Crippen LogP contribution in [0.1, 0.15) is 25.7 Å². The lowest BCUT2D eigenvalue weighted by atomic mass is 9.85. The van der Waals surface area contributed by atoms with Gasteiger partial charge >= 0.3 is 0 Å². The largest absolute Gasteiger partial charge is 0.364 e. The number of nitrogens with one attached hydrogen (secondary N) is 2. The average Bonchev–Trinajstić information content (AvgIpc) is 2.88. The van der Waals surface area contributed by atoms with E-state index in [0.29, 0.717) is 17.4 Å². The van der Waals surface area contributed by atoms with Crippen molar-refractivity contribution < 1.29 is 4.74 Å². The number of rotatable bonds is 5. The maximum absolute atomic E-state index is 5.87. The van der Waals surface area contributed by atoms with Crippen LogP contribution in [0.3, 0.4) is 0 Å². The van der Waals surface area contributed by atoms with Crippen molar-refractivity contribution >= 4 is 15.9 Å². The number of hydrogen-bond acceptors (Lipinski definition) is 4. The number of nitrogens with zero attached hydrogens (tertiary/aromatic N) is 1. The van der Waals surface area contributed by atoms with E-state index in [2.05, 4.69) is 37.6 Å². The van der Waals surface area contributed by atoms with Crippen LogP contribution in [0.4, 0.5) is 0 Å². The summed E-state index contributed by atoms with van der Waals surface area (Å²) >= 11 is 3.70. The number of halogens is 1. The van der Waals surface area contributed by atoms with Crippen molar-refractivity contribution in [2.24, 2.45) is 5.92 Å². The predicted molar refractivity (Wildman–Crippen MR) is 76.0 cm³/mol. The zero-order valence-electron chi connectivity index (χ0n) is 10.7. The Labute approximate surface area is 118 Å². The number of alkyl halides is 1. The van der Waals surface area contributed by atoms with Gasteiger partial charge in [-0.3, -0.25) is 5.32 Å². The summed E-state index contributed by atoms with van der Waals surface area (Å²) in [7, 11) is 0. The van der Waals surface area contributed by atoms with Crippen LogP contribution in [-0.4, -0.2) is 42.4 Å². The maximum Gasteiger partial charge on any atom is 0.107 e. The summed E-state index contributed by atoms with van der Waals surface area (Å²) in [5, 5.41) is 5.44. The van der Waals surface area contributed by atoms with Gasteiger partial charge in [-0.2, -0.15) is 0 Å². The molecule has 1 atom stereocenters. The van der Waals surface area contributed by atoms with Crippen molar-refractivity contribution in [3.8, 4) is 12.3 Å². The van der Waals surface area contributed by atoms with Crippen molar-refractivity contribution in [3.63, 3.8) is 0 Å². The molecule has 4 nitrogen and oxygen atoms in total. The van der Waals surface area contributed by atoms with Crippen LogP contribution in [0.25, 0.3) is 0 Å². The van der Waals surface area contributed by atoms with Gasteiger partial charge in [-0.05, 0) is 31.6 Å². The molecule has 0 radical (unpaired) electrons. The molecule has 1 unspecified atom stereocenters. The number of hydrazine groups is 1. The summed E-state index contributed by atoms with van der Waals surface area (Å²) in [6.45, 7) is 3.05. The highest BCUT2D eigenvalue weighted by molar-refractivity contribution is 9.09. The first kappa shape index (κ1) is 14.3. The van der Waals surface area contributed by atoms with E-state index in [1.165, 1.54) is 25.7 Å². The summed E-state index contributed by atoms with van der Waals surface area (Å²) in [6.07, 6.45) is 10.5. The quantitative estimate of drug-likeness (QED) is 0.592. The lowest BCUT2D eigenvalue weighted by Crippen LogP contribution is -2.43. The summed E-state index contributed by atoms with van der Waals surface area (Å²) in [5.74, 6) is 3.22. The lowest BCUT2D eigenvalue weighted by molar-refractivity contribution is -0.00939. The molecule has 1 aliphatic heterocycles. The molecule has 0 aromatic heterocycles. The Morgan fingerprint density at radius 1 is 1.39 bits per heavy atom. The first-order valence-corrected chi connectivity index (χ1v) is 7.59. The summed E-state index contributed by atoms with van der Waals surface area (Å²) in [6, 6.07) is 0. The van der Waals surface area contributed by atoms with E-state index in [-0.39, 0.29) is 6.10 Å².